The van der Waals surface area contributed by atoms with Crippen LogP contribution in [0.25, 0.3) is 0 Å². The van der Waals surface area contributed by atoms with Crippen LogP contribution in [-0.4, -0.2) is 30.8 Å². The van der Waals surface area contributed by atoms with E-state index in [2.05, 4.69) is 10.6 Å². The summed E-state index contributed by atoms with van der Waals surface area (Å²) in [6.45, 7) is 1.91. The van der Waals surface area contributed by atoms with E-state index in [1.165, 1.54) is 12.8 Å². The van der Waals surface area contributed by atoms with Crippen molar-refractivity contribution in [1.82, 2.24) is 10.6 Å². The van der Waals surface area contributed by atoms with Crippen molar-refractivity contribution in [2.24, 2.45) is 0 Å². The van der Waals surface area contributed by atoms with Crippen LogP contribution in [0.1, 0.15) is 19.3 Å². The topological polar surface area (TPSA) is 41.1 Å². The number of hydrogen-bond acceptors (Lipinski definition) is 3. The van der Waals surface area contributed by atoms with Gasteiger partial charge < -0.3 is 10.6 Å². The SMILES string of the molecule is O=C(CSc1ccccc1)NCC[C@@H]1CCCN1. The van der Waals surface area contributed by atoms with Crippen molar-refractivity contribution in [3.8, 4) is 0 Å². The van der Waals surface area contributed by atoms with Gasteiger partial charge in [-0.3, -0.25) is 4.79 Å². The van der Waals surface area contributed by atoms with Crippen LogP contribution in [0, 0.1) is 0 Å². The maximum Gasteiger partial charge on any atom is 0.230 e. The smallest absolute Gasteiger partial charge is 0.230 e. The van der Waals surface area contributed by atoms with E-state index in [1.54, 1.807) is 11.8 Å². The molecule has 1 saturated heterocycles. The van der Waals surface area contributed by atoms with Crippen LogP contribution in [0.5, 0.6) is 0 Å². The van der Waals surface area contributed by atoms with Crippen LogP contribution in [0.2, 0.25) is 0 Å². The van der Waals surface area contributed by atoms with Crippen molar-refractivity contribution in [1.29, 1.82) is 0 Å². The first-order valence-corrected chi connectivity index (χ1v) is 7.51. The van der Waals surface area contributed by atoms with Gasteiger partial charge in [0.1, 0.15) is 0 Å². The minimum Gasteiger partial charge on any atom is -0.355 e. The molecule has 2 rings (SSSR count). The normalized spacial score (nSPS) is 18.8. The Morgan fingerprint density at radius 2 is 2.22 bits per heavy atom. The Balaban J connectivity index is 1.57. The Hall–Kier alpha value is -1.00. The van der Waals surface area contributed by atoms with Crippen LogP contribution >= 0.6 is 11.8 Å². The second-order valence-corrected chi connectivity index (χ2v) is 5.58. The largest absolute Gasteiger partial charge is 0.355 e. The van der Waals surface area contributed by atoms with Crippen molar-refractivity contribution in [3.05, 3.63) is 30.3 Å². The fourth-order valence-corrected chi connectivity index (χ4v) is 2.85. The number of hydrogen-bond donors (Lipinski definition) is 2. The molecular weight excluding hydrogens is 244 g/mol. The molecule has 1 aliphatic rings. The molecule has 0 unspecified atom stereocenters. The highest BCUT2D eigenvalue weighted by Crippen LogP contribution is 2.16. The predicted octanol–water partition coefficient (Wildman–Crippen LogP) is 2.04. The highest BCUT2D eigenvalue weighted by Gasteiger charge is 2.13. The van der Waals surface area contributed by atoms with Gasteiger partial charge in [0.15, 0.2) is 0 Å². The number of rotatable bonds is 6. The van der Waals surface area contributed by atoms with Gasteiger partial charge in [-0.25, -0.2) is 0 Å². The van der Waals surface area contributed by atoms with E-state index in [0.717, 1.165) is 24.4 Å². The summed E-state index contributed by atoms with van der Waals surface area (Å²) in [6, 6.07) is 10.6. The van der Waals surface area contributed by atoms with Crippen LogP contribution in [0.4, 0.5) is 0 Å². The minimum atomic E-state index is 0.127. The summed E-state index contributed by atoms with van der Waals surface area (Å²) in [5.41, 5.74) is 0. The van der Waals surface area contributed by atoms with E-state index >= 15 is 0 Å². The molecule has 1 aromatic carbocycles. The first-order valence-electron chi connectivity index (χ1n) is 6.52. The maximum absolute atomic E-state index is 11.6. The molecule has 0 saturated carbocycles. The Bertz CT molecular complexity index is 363. The van der Waals surface area contributed by atoms with E-state index in [4.69, 9.17) is 0 Å². The maximum atomic E-state index is 11.6. The van der Waals surface area contributed by atoms with Gasteiger partial charge in [-0.1, -0.05) is 18.2 Å². The van der Waals surface area contributed by atoms with Crippen molar-refractivity contribution in [2.45, 2.75) is 30.2 Å². The quantitative estimate of drug-likeness (QED) is 0.773. The standard InChI is InChI=1S/C14H20N2OS/c17-14(11-18-13-6-2-1-3-7-13)16-10-8-12-5-4-9-15-12/h1-3,6-7,12,15H,4-5,8-11H2,(H,16,17)/t12-/m0/s1. The summed E-state index contributed by atoms with van der Waals surface area (Å²) < 4.78 is 0. The van der Waals surface area contributed by atoms with Crippen LogP contribution < -0.4 is 10.6 Å². The van der Waals surface area contributed by atoms with Gasteiger partial charge in [-0.2, -0.15) is 0 Å². The van der Waals surface area contributed by atoms with Gasteiger partial charge in [0.05, 0.1) is 5.75 Å². The summed E-state index contributed by atoms with van der Waals surface area (Å²) in [5.74, 6) is 0.629. The number of benzene rings is 1. The van der Waals surface area contributed by atoms with Crippen LogP contribution in [-0.2, 0) is 4.79 Å². The van der Waals surface area contributed by atoms with Crippen molar-refractivity contribution < 1.29 is 4.79 Å². The lowest BCUT2D eigenvalue weighted by molar-refractivity contribution is -0.118. The lowest BCUT2D eigenvalue weighted by Crippen LogP contribution is -2.31. The highest BCUT2D eigenvalue weighted by atomic mass is 32.2. The molecule has 18 heavy (non-hydrogen) atoms. The summed E-state index contributed by atoms with van der Waals surface area (Å²) in [5, 5.41) is 6.41. The second-order valence-electron chi connectivity index (χ2n) is 4.53. The fraction of sp³-hybridized carbons (Fsp3) is 0.500. The van der Waals surface area contributed by atoms with Gasteiger partial charge in [0, 0.05) is 17.5 Å². The first kappa shape index (κ1) is 13.4. The molecule has 0 aliphatic carbocycles. The Morgan fingerprint density at radius 1 is 1.39 bits per heavy atom. The molecule has 0 aromatic heterocycles. The van der Waals surface area contributed by atoms with Gasteiger partial charge >= 0.3 is 0 Å². The summed E-state index contributed by atoms with van der Waals surface area (Å²) in [6.07, 6.45) is 3.55. The minimum absolute atomic E-state index is 0.127. The van der Waals surface area contributed by atoms with E-state index in [0.29, 0.717) is 11.8 Å². The third-order valence-electron chi connectivity index (χ3n) is 3.09. The predicted molar refractivity (Wildman–Crippen MR) is 75.8 cm³/mol. The molecule has 1 fully saturated rings. The Labute approximate surface area is 113 Å². The molecule has 1 heterocycles. The van der Waals surface area contributed by atoms with E-state index < -0.39 is 0 Å². The molecule has 0 bridgehead atoms. The average Bonchev–Trinajstić information content (AvgIpc) is 2.91. The van der Waals surface area contributed by atoms with Gasteiger partial charge in [-0.05, 0) is 37.9 Å². The lowest BCUT2D eigenvalue weighted by atomic mass is 10.1. The number of nitrogens with one attached hydrogen (secondary N) is 2. The van der Waals surface area contributed by atoms with Crippen molar-refractivity contribution >= 4 is 17.7 Å². The van der Waals surface area contributed by atoms with Crippen LogP contribution in [0.3, 0.4) is 0 Å². The third-order valence-corrected chi connectivity index (χ3v) is 4.10. The number of amides is 1. The number of carbonyl (C=O) groups is 1. The molecule has 1 amide bonds. The molecule has 1 aromatic rings. The van der Waals surface area contributed by atoms with Gasteiger partial charge in [-0.15, -0.1) is 11.8 Å². The lowest BCUT2D eigenvalue weighted by Gasteiger charge is -2.10. The molecule has 1 aliphatic heterocycles. The zero-order chi connectivity index (χ0) is 12.6. The summed E-state index contributed by atoms with van der Waals surface area (Å²) in [7, 11) is 0. The first-order chi connectivity index (χ1) is 8.84. The van der Waals surface area contributed by atoms with Crippen molar-refractivity contribution in [2.75, 3.05) is 18.8 Å². The summed E-state index contributed by atoms with van der Waals surface area (Å²) >= 11 is 1.58. The molecule has 98 valence electrons. The molecule has 3 nitrogen and oxygen atoms in total. The highest BCUT2D eigenvalue weighted by molar-refractivity contribution is 8.00. The average molecular weight is 264 g/mol. The van der Waals surface area contributed by atoms with E-state index in [-0.39, 0.29) is 5.91 Å². The molecule has 0 radical (unpaired) electrons. The zero-order valence-corrected chi connectivity index (χ0v) is 11.3. The summed E-state index contributed by atoms with van der Waals surface area (Å²) in [4.78, 5) is 12.8. The molecule has 4 heteroatoms. The Morgan fingerprint density at radius 3 is 2.94 bits per heavy atom. The monoisotopic (exact) mass is 264 g/mol. The van der Waals surface area contributed by atoms with E-state index in [9.17, 15) is 4.79 Å². The van der Waals surface area contributed by atoms with Gasteiger partial charge in [0.2, 0.25) is 5.91 Å². The molecule has 2 N–H and O–H groups in total. The number of carbonyl (C=O) groups excluding carboxylic acids is 1. The van der Waals surface area contributed by atoms with Gasteiger partial charge in [0.25, 0.3) is 0 Å². The Kier molecular flexibility index (Phi) is 5.55. The molecular formula is C14H20N2OS. The van der Waals surface area contributed by atoms with E-state index in [1.807, 2.05) is 30.3 Å². The third kappa shape index (κ3) is 4.70. The fourth-order valence-electron chi connectivity index (χ4n) is 2.11. The van der Waals surface area contributed by atoms with Crippen LogP contribution in [0.15, 0.2) is 35.2 Å². The molecule has 1 atom stereocenters. The second kappa shape index (κ2) is 7.44. The molecule has 0 spiro atoms. The zero-order valence-electron chi connectivity index (χ0n) is 10.5. The number of thioether (sulfide) groups is 1. The van der Waals surface area contributed by atoms with Crippen molar-refractivity contribution in [3.63, 3.8) is 0 Å².